The van der Waals surface area contributed by atoms with Gasteiger partial charge in [0.2, 0.25) is 0 Å². The molecule has 0 spiro atoms. The molecule has 1 aliphatic rings. The van der Waals surface area contributed by atoms with Gasteiger partial charge in [0, 0.05) is 24.5 Å². The van der Waals surface area contributed by atoms with Gasteiger partial charge in [0.15, 0.2) is 0 Å². The Hall–Kier alpha value is -0.890. The lowest BCUT2D eigenvalue weighted by Gasteiger charge is -2.14. The van der Waals surface area contributed by atoms with Gasteiger partial charge in [-0.3, -0.25) is 9.88 Å². The molecule has 0 aromatic carbocycles. The van der Waals surface area contributed by atoms with Gasteiger partial charge in [-0.2, -0.15) is 0 Å². The van der Waals surface area contributed by atoms with E-state index in [-0.39, 0.29) is 0 Å². The van der Waals surface area contributed by atoms with Crippen molar-refractivity contribution in [2.45, 2.75) is 26.4 Å². The molecule has 1 aliphatic heterocycles. The number of fused-ring (bicyclic) bond motifs is 1. The molecule has 1 unspecified atom stereocenters. The number of rotatable bonds is 0. The van der Waals surface area contributed by atoms with Crippen LogP contribution in [0, 0.1) is 6.92 Å². The molecular weight excluding hydrogens is 148 g/mol. The highest BCUT2D eigenvalue weighted by Gasteiger charge is 2.23. The molecule has 1 aromatic heterocycles. The first kappa shape index (κ1) is 7.74. The normalized spacial score (nSPS) is 22.8. The van der Waals surface area contributed by atoms with Gasteiger partial charge in [0.1, 0.15) is 0 Å². The van der Waals surface area contributed by atoms with Crippen molar-refractivity contribution in [3.63, 3.8) is 0 Å². The fraction of sp³-hybridized carbons (Fsp3) is 0.500. The van der Waals surface area contributed by atoms with Crippen molar-refractivity contribution >= 4 is 0 Å². The zero-order valence-corrected chi connectivity index (χ0v) is 7.83. The average Bonchev–Trinajstić information content (AvgIpc) is 2.31. The van der Waals surface area contributed by atoms with Gasteiger partial charge in [-0.05, 0) is 38.1 Å². The van der Waals surface area contributed by atoms with Crippen molar-refractivity contribution in [2.75, 3.05) is 7.05 Å². The molecule has 1 aromatic rings. The maximum absolute atomic E-state index is 4.29. The highest BCUT2D eigenvalue weighted by atomic mass is 15.1. The predicted octanol–water partition coefficient (Wildman–Crippen LogP) is 1.90. The quantitative estimate of drug-likeness (QED) is 0.579. The van der Waals surface area contributed by atoms with Crippen LogP contribution in [0.1, 0.15) is 29.8 Å². The van der Waals surface area contributed by atoms with E-state index >= 15 is 0 Å². The lowest BCUT2D eigenvalue weighted by Crippen LogP contribution is -2.12. The Kier molecular flexibility index (Phi) is 1.65. The topological polar surface area (TPSA) is 16.1 Å². The van der Waals surface area contributed by atoms with E-state index in [1.54, 1.807) is 0 Å². The first-order valence-electron chi connectivity index (χ1n) is 4.34. The average molecular weight is 162 g/mol. The minimum Gasteiger partial charge on any atom is -0.295 e. The van der Waals surface area contributed by atoms with Crippen LogP contribution in [-0.2, 0) is 6.54 Å². The summed E-state index contributed by atoms with van der Waals surface area (Å²) in [6.07, 6.45) is 2.00. The van der Waals surface area contributed by atoms with Crippen LogP contribution in [-0.4, -0.2) is 16.9 Å². The van der Waals surface area contributed by atoms with Gasteiger partial charge in [-0.15, -0.1) is 0 Å². The molecule has 0 saturated carbocycles. The third kappa shape index (κ3) is 1.03. The SMILES string of the molecule is Cc1cc2c(cn1)CN(C)C2C. The van der Waals surface area contributed by atoms with Crippen LogP contribution >= 0.6 is 0 Å². The molecule has 2 heteroatoms. The summed E-state index contributed by atoms with van der Waals surface area (Å²) >= 11 is 0. The first-order chi connectivity index (χ1) is 5.68. The Morgan fingerprint density at radius 2 is 2.33 bits per heavy atom. The molecule has 12 heavy (non-hydrogen) atoms. The number of hydrogen-bond acceptors (Lipinski definition) is 2. The fourth-order valence-corrected chi connectivity index (χ4v) is 1.77. The Labute approximate surface area is 73.2 Å². The maximum atomic E-state index is 4.29. The number of pyridine rings is 1. The second kappa shape index (κ2) is 2.56. The van der Waals surface area contributed by atoms with Gasteiger partial charge in [-0.1, -0.05) is 0 Å². The van der Waals surface area contributed by atoms with Crippen LogP contribution in [0.25, 0.3) is 0 Å². The second-order valence-electron chi connectivity index (χ2n) is 3.62. The molecular formula is C10H14N2. The first-order valence-corrected chi connectivity index (χ1v) is 4.34. The molecule has 0 N–H and O–H groups in total. The van der Waals surface area contributed by atoms with Crippen molar-refractivity contribution in [3.05, 3.63) is 29.1 Å². The minimum absolute atomic E-state index is 0.557. The maximum Gasteiger partial charge on any atom is 0.0376 e. The number of hydrogen-bond donors (Lipinski definition) is 0. The monoisotopic (exact) mass is 162 g/mol. The lowest BCUT2D eigenvalue weighted by atomic mass is 10.1. The van der Waals surface area contributed by atoms with Crippen LogP contribution in [0.5, 0.6) is 0 Å². The summed E-state index contributed by atoms with van der Waals surface area (Å²) in [5.74, 6) is 0. The van der Waals surface area contributed by atoms with Crippen molar-refractivity contribution < 1.29 is 0 Å². The molecule has 64 valence electrons. The van der Waals surface area contributed by atoms with Crippen molar-refractivity contribution in [1.82, 2.24) is 9.88 Å². The summed E-state index contributed by atoms with van der Waals surface area (Å²) < 4.78 is 0. The lowest BCUT2D eigenvalue weighted by molar-refractivity contribution is 0.286. The fourth-order valence-electron chi connectivity index (χ4n) is 1.77. The van der Waals surface area contributed by atoms with Crippen LogP contribution in [0.15, 0.2) is 12.3 Å². The summed E-state index contributed by atoms with van der Waals surface area (Å²) in [5, 5.41) is 0. The third-order valence-corrected chi connectivity index (χ3v) is 2.69. The molecule has 2 rings (SSSR count). The van der Waals surface area contributed by atoms with Crippen LogP contribution in [0.2, 0.25) is 0 Å². The number of aromatic nitrogens is 1. The molecule has 0 aliphatic carbocycles. The Balaban J connectivity index is 2.48. The summed E-state index contributed by atoms with van der Waals surface area (Å²) in [7, 11) is 2.15. The zero-order chi connectivity index (χ0) is 8.72. The molecule has 2 heterocycles. The standard InChI is InChI=1S/C10H14N2/c1-7-4-10-8(2)12(3)6-9(10)5-11-7/h4-5,8H,6H2,1-3H3. The molecule has 0 bridgehead atoms. The highest BCUT2D eigenvalue weighted by molar-refractivity contribution is 5.32. The Bertz CT molecular complexity index is 307. The van der Waals surface area contributed by atoms with Gasteiger partial charge >= 0.3 is 0 Å². The number of nitrogens with zero attached hydrogens (tertiary/aromatic N) is 2. The Morgan fingerprint density at radius 1 is 1.58 bits per heavy atom. The molecule has 0 amide bonds. The largest absolute Gasteiger partial charge is 0.295 e. The summed E-state index contributed by atoms with van der Waals surface area (Å²) in [6, 6.07) is 2.76. The molecule has 0 saturated heterocycles. The van der Waals surface area contributed by atoms with Crippen LogP contribution in [0.4, 0.5) is 0 Å². The van der Waals surface area contributed by atoms with Gasteiger partial charge in [0.25, 0.3) is 0 Å². The molecule has 2 nitrogen and oxygen atoms in total. The van der Waals surface area contributed by atoms with E-state index in [0.717, 1.165) is 12.2 Å². The van der Waals surface area contributed by atoms with E-state index in [4.69, 9.17) is 0 Å². The Morgan fingerprint density at radius 3 is 3.08 bits per heavy atom. The van der Waals surface area contributed by atoms with Crippen LogP contribution < -0.4 is 0 Å². The molecule has 1 atom stereocenters. The van der Waals surface area contributed by atoms with E-state index in [9.17, 15) is 0 Å². The van der Waals surface area contributed by atoms with Crippen molar-refractivity contribution in [3.8, 4) is 0 Å². The highest BCUT2D eigenvalue weighted by Crippen LogP contribution is 2.31. The van der Waals surface area contributed by atoms with E-state index in [2.05, 4.69) is 29.9 Å². The predicted molar refractivity (Wildman–Crippen MR) is 48.9 cm³/mol. The molecule has 0 radical (unpaired) electrons. The summed E-state index contributed by atoms with van der Waals surface area (Å²) in [4.78, 5) is 6.63. The van der Waals surface area contributed by atoms with E-state index in [1.807, 2.05) is 13.1 Å². The van der Waals surface area contributed by atoms with Gasteiger partial charge < -0.3 is 0 Å². The van der Waals surface area contributed by atoms with E-state index in [1.165, 1.54) is 11.1 Å². The third-order valence-electron chi connectivity index (χ3n) is 2.69. The van der Waals surface area contributed by atoms with Crippen LogP contribution in [0.3, 0.4) is 0 Å². The van der Waals surface area contributed by atoms with Gasteiger partial charge in [-0.25, -0.2) is 0 Å². The smallest absolute Gasteiger partial charge is 0.0376 e. The van der Waals surface area contributed by atoms with Crippen molar-refractivity contribution in [2.24, 2.45) is 0 Å². The van der Waals surface area contributed by atoms with Crippen molar-refractivity contribution in [1.29, 1.82) is 0 Å². The van der Waals surface area contributed by atoms with Gasteiger partial charge in [0.05, 0.1) is 0 Å². The molecule has 0 fully saturated rings. The minimum atomic E-state index is 0.557. The second-order valence-corrected chi connectivity index (χ2v) is 3.62. The van der Waals surface area contributed by atoms with E-state index in [0.29, 0.717) is 6.04 Å². The summed E-state index contributed by atoms with van der Waals surface area (Å²) in [6.45, 7) is 5.33. The zero-order valence-electron chi connectivity index (χ0n) is 7.83. The number of aryl methyl sites for hydroxylation is 1. The van der Waals surface area contributed by atoms with E-state index < -0.39 is 0 Å². The summed E-state index contributed by atoms with van der Waals surface area (Å²) in [5.41, 5.74) is 3.96.